The molecule has 4 aromatic heterocycles. The molecule has 2 aliphatic rings. The number of aromatic amines is 1. The number of hydrogen-bond acceptors (Lipinski definition) is 9. The highest BCUT2D eigenvalue weighted by atomic mass is 19.1. The molecule has 256 valence electrons. The van der Waals surface area contributed by atoms with Crippen LogP contribution in [0.15, 0.2) is 46.4 Å². The number of H-pyrrole nitrogens is 1. The molecule has 2 fully saturated rings. The van der Waals surface area contributed by atoms with Crippen LogP contribution in [0, 0.1) is 12.7 Å². The first-order valence-electron chi connectivity index (χ1n) is 17.0. The number of anilines is 3. The largest absolute Gasteiger partial charge is 0.477 e. The molecule has 14 heteroatoms. The Morgan fingerprint density at radius 2 is 1.84 bits per heavy atom. The quantitative estimate of drug-likeness (QED) is 0.161. The molecule has 0 bridgehead atoms. The van der Waals surface area contributed by atoms with Crippen LogP contribution in [0.25, 0.3) is 22.2 Å². The number of nitrogens with one attached hydrogen (secondary N) is 2. The summed E-state index contributed by atoms with van der Waals surface area (Å²) in [7, 11) is 0. The number of pyridine rings is 2. The summed E-state index contributed by atoms with van der Waals surface area (Å²) in [5.41, 5.74) is 3.18. The lowest BCUT2D eigenvalue weighted by Gasteiger charge is -2.35. The van der Waals surface area contributed by atoms with Gasteiger partial charge in [0.25, 0.3) is 0 Å². The number of carbonyl (C=O) groups is 1. The minimum absolute atomic E-state index is 0.00302. The van der Waals surface area contributed by atoms with Crippen molar-refractivity contribution in [1.82, 2.24) is 34.0 Å². The van der Waals surface area contributed by atoms with E-state index < -0.39 is 17.2 Å². The first-order valence-corrected chi connectivity index (χ1v) is 17.0. The molecule has 0 atom stereocenters. The second kappa shape index (κ2) is 13.4. The van der Waals surface area contributed by atoms with Gasteiger partial charge in [-0.15, -0.1) is 0 Å². The molecule has 0 spiro atoms. The van der Waals surface area contributed by atoms with Gasteiger partial charge in [-0.05, 0) is 74.9 Å². The minimum atomic E-state index is -1.32. The van der Waals surface area contributed by atoms with Crippen LogP contribution >= 0.6 is 0 Å². The third kappa shape index (κ3) is 6.64. The minimum Gasteiger partial charge on any atom is -0.477 e. The van der Waals surface area contributed by atoms with Crippen LogP contribution in [-0.4, -0.2) is 77.8 Å². The predicted molar refractivity (Wildman–Crippen MR) is 186 cm³/mol. The predicted octanol–water partition coefficient (Wildman–Crippen LogP) is 4.61. The number of aryl methyl sites for hydroxylation is 3. The molecular weight excluding hydrogens is 629 g/mol. The molecule has 0 amide bonds. The molecule has 1 aliphatic heterocycles. The Morgan fingerprint density at radius 1 is 1.06 bits per heavy atom. The molecule has 5 heterocycles. The third-order valence-corrected chi connectivity index (χ3v) is 9.64. The van der Waals surface area contributed by atoms with E-state index in [0.717, 1.165) is 69.9 Å². The van der Waals surface area contributed by atoms with E-state index >= 15 is 4.39 Å². The van der Waals surface area contributed by atoms with E-state index in [1.165, 1.54) is 17.3 Å². The summed E-state index contributed by atoms with van der Waals surface area (Å²) in [5.74, 6) is -1.35. The maximum Gasteiger partial charge on any atom is 0.341 e. The smallest absolute Gasteiger partial charge is 0.341 e. The van der Waals surface area contributed by atoms with Gasteiger partial charge in [0.1, 0.15) is 16.9 Å². The van der Waals surface area contributed by atoms with Gasteiger partial charge in [0.2, 0.25) is 11.4 Å². The molecule has 1 aliphatic carbocycles. The molecular formula is C35H40FN9O4. The second-order valence-electron chi connectivity index (χ2n) is 13.0. The van der Waals surface area contributed by atoms with E-state index in [1.54, 1.807) is 10.9 Å². The first-order chi connectivity index (χ1) is 23.7. The number of unbranched alkanes of at least 4 members (excludes halogenated alkanes) is 2. The monoisotopic (exact) mass is 669 g/mol. The number of imidazole rings is 1. The van der Waals surface area contributed by atoms with Crippen molar-refractivity contribution in [3.05, 3.63) is 79.9 Å². The fourth-order valence-corrected chi connectivity index (χ4v) is 6.68. The summed E-state index contributed by atoms with van der Waals surface area (Å²) in [6, 6.07) is 7.32. The van der Waals surface area contributed by atoms with Gasteiger partial charge in [-0.1, -0.05) is 19.4 Å². The van der Waals surface area contributed by atoms with Crippen LogP contribution in [0.5, 0.6) is 0 Å². The number of nitrogens with zero attached hydrogens (tertiary/aromatic N) is 7. The highest BCUT2D eigenvalue weighted by Gasteiger charge is 2.29. The Kier molecular flexibility index (Phi) is 8.88. The first kappa shape index (κ1) is 32.4. The zero-order valence-electron chi connectivity index (χ0n) is 27.7. The normalized spacial score (nSPS) is 15.4. The number of halogens is 1. The summed E-state index contributed by atoms with van der Waals surface area (Å²) < 4.78 is 19.0. The average Bonchev–Trinajstić information content (AvgIpc) is 3.85. The Hall–Kier alpha value is -5.11. The lowest BCUT2D eigenvalue weighted by Crippen LogP contribution is -2.47. The van der Waals surface area contributed by atoms with Crippen LogP contribution in [-0.2, 0) is 13.0 Å². The van der Waals surface area contributed by atoms with Gasteiger partial charge >= 0.3 is 11.5 Å². The summed E-state index contributed by atoms with van der Waals surface area (Å²) >= 11 is 0. The fourth-order valence-electron chi connectivity index (χ4n) is 6.68. The number of aromatic nitrogens is 6. The van der Waals surface area contributed by atoms with Crippen molar-refractivity contribution in [1.29, 1.82) is 0 Å². The molecule has 1 saturated carbocycles. The van der Waals surface area contributed by atoms with E-state index in [0.29, 0.717) is 42.4 Å². The fraction of sp³-hybridized carbons (Fsp3) is 0.429. The van der Waals surface area contributed by atoms with Crippen molar-refractivity contribution in [2.45, 2.75) is 65.0 Å². The van der Waals surface area contributed by atoms with E-state index in [1.807, 2.05) is 15.5 Å². The molecule has 5 aromatic rings. The van der Waals surface area contributed by atoms with Crippen LogP contribution in [0.2, 0.25) is 0 Å². The zero-order chi connectivity index (χ0) is 34.2. The zero-order valence-corrected chi connectivity index (χ0v) is 27.7. The molecule has 13 nitrogen and oxygen atoms in total. The highest BCUT2D eigenvalue weighted by Crippen LogP contribution is 2.37. The van der Waals surface area contributed by atoms with Gasteiger partial charge in [0.05, 0.1) is 11.7 Å². The number of rotatable bonds is 12. The van der Waals surface area contributed by atoms with E-state index in [-0.39, 0.29) is 28.4 Å². The van der Waals surface area contributed by atoms with Crippen molar-refractivity contribution in [2.24, 2.45) is 0 Å². The van der Waals surface area contributed by atoms with Crippen LogP contribution in [0.4, 0.5) is 21.8 Å². The number of aromatic carboxylic acids is 1. The standard InChI is InChI=1S/C35H40FN9O4/c1-3-22-17-23(8-7-21(22)2)38-35-40-32-28(33(47)41-35)37-20-44(32)12-6-4-5-11-42-13-15-43(16-14-42)31-27(36)18-25-29(46)26(34(48)49)19-45(24-9-10-24)30(25)39-31/h7-8,17-20,24H,3-6,9-16H2,1-2H3,(H,48,49)(H2,38,40,41,47). The number of carboxylic acids is 1. The van der Waals surface area contributed by atoms with Crippen molar-refractivity contribution < 1.29 is 14.3 Å². The average molecular weight is 670 g/mol. The van der Waals surface area contributed by atoms with Crippen molar-refractivity contribution >= 4 is 45.6 Å². The van der Waals surface area contributed by atoms with Gasteiger partial charge in [-0.3, -0.25) is 14.5 Å². The molecule has 49 heavy (non-hydrogen) atoms. The Bertz CT molecular complexity index is 2160. The maximum atomic E-state index is 15.3. The van der Waals surface area contributed by atoms with E-state index in [4.69, 9.17) is 0 Å². The lowest BCUT2D eigenvalue weighted by atomic mass is 10.1. The summed E-state index contributed by atoms with van der Waals surface area (Å²) in [4.78, 5) is 57.7. The van der Waals surface area contributed by atoms with E-state index in [9.17, 15) is 19.5 Å². The van der Waals surface area contributed by atoms with Crippen LogP contribution in [0.3, 0.4) is 0 Å². The Balaban J connectivity index is 0.929. The van der Waals surface area contributed by atoms with Crippen molar-refractivity contribution in [3.63, 3.8) is 0 Å². The number of hydrogen-bond donors (Lipinski definition) is 3. The maximum absolute atomic E-state index is 15.3. The van der Waals surface area contributed by atoms with E-state index in [2.05, 4.69) is 56.1 Å². The number of carboxylic acid groups (broad SMARTS) is 1. The number of fused-ring (bicyclic) bond motifs is 2. The number of piperazine rings is 1. The SMILES string of the molecule is CCc1cc(Nc2nc(=O)c3ncn(CCCCCN4CCN(c5nc6c(cc5F)c(=O)c(C(=O)O)cn6C5CC5)CC4)c3[nH]2)ccc1C. The summed E-state index contributed by atoms with van der Waals surface area (Å²) in [6.45, 7) is 8.51. The van der Waals surface area contributed by atoms with Crippen LogP contribution < -0.4 is 21.2 Å². The van der Waals surface area contributed by atoms with Gasteiger partial charge in [0.15, 0.2) is 17.2 Å². The topological polar surface area (TPSA) is 154 Å². The van der Waals surface area contributed by atoms with Crippen molar-refractivity contribution in [3.8, 4) is 0 Å². The molecule has 1 saturated heterocycles. The highest BCUT2D eigenvalue weighted by molar-refractivity contribution is 5.92. The Labute approximate surface area is 281 Å². The summed E-state index contributed by atoms with van der Waals surface area (Å²) in [6.07, 6.45) is 8.58. The van der Waals surface area contributed by atoms with Gasteiger partial charge in [0, 0.05) is 50.6 Å². The van der Waals surface area contributed by atoms with Gasteiger partial charge < -0.3 is 29.4 Å². The molecule has 7 rings (SSSR count). The molecule has 0 unspecified atom stereocenters. The number of benzene rings is 1. The van der Waals surface area contributed by atoms with Crippen molar-refractivity contribution in [2.75, 3.05) is 42.9 Å². The molecule has 3 N–H and O–H groups in total. The third-order valence-electron chi connectivity index (χ3n) is 9.64. The van der Waals surface area contributed by atoms with Crippen LogP contribution in [0.1, 0.15) is 66.6 Å². The summed E-state index contributed by atoms with van der Waals surface area (Å²) in [5, 5.41) is 12.7. The van der Waals surface area contributed by atoms with Gasteiger partial charge in [-0.25, -0.2) is 19.2 Å². The van der Waals surface area contributed by atoms with Gasteiger partial charge in [-0.2, -0.15) is 4.98 Å². The molecule has 1 aromatic carbocycles. The Morgan fingerprint density at radius 3 is 2.57 bits per heavy atom. The lowest BCUT2D eigenvalue weighted by molar-refractivity contribution is 0.0694. The molecule has 0 radical (unpaired) electrons. The second-order valence-corrected chi connectivity index (χ2v) is 13.0.